The standard InChI is InChI=1S/C12H14.2ClH.Zr/c1-10(11-6-2-3-7-11)12-8-4-5-9-12;;;/h2-12H,1H3;2*1H;/q;;;+2/p-2. The van der Waals surface area contributed by atoms with Gasteiger partial charge in [0.05, 0.1) is 0 Å². The van der Waals surface area contributed by atoms with Crippen LogP contribution in [0.15, 0.2) is 48.6 Å². The smallest absolute Gasteiger partial charge is 1.00 e. The maximum Gasteiger partial charge on any atom is 2.00 e. The molecule has 0 aromatic carbocycles. The fourth-order valence-electron chi connectivity index (χ4n) is 1.86. The molecule has 2 rings (SSSR count). The minimum atomic E-state index is 0. The van der Waals surface area contributed by atoms with E-state index in [4.69, 9.17) is 0 Å². The average Bonchev–Trinajstić information content (AvgIpc) is 2.77. The first-order valence-corrected chi connectivity index (χ1v) is 4.58. The topological polar surface area (TPSA) is 0 Å². The van der Waals surface area contributed by atoms with Gasteiger partial charge in [0.15, 0.2) is 0 Å². The molecular weight excluding hydrogens is 306 g/mol. The maximum absolute atomic E-state index is 2.31. The number of hydrogen-bond acceptors (Lipinski definition) is 0. The van der Waals surface area contributed by atoms with E-state index >= 15 is 0 Å². The second kappa shape index (κ2) is 8.56. The van der Waals surface area contributed by atoms with Crippen molar-refractivity contribution in [2.24, 2.45) is 17.8 Å². The maximum atomic E-state index is 2.31. The van der Waals surface area contributed by atoms with Crippen LogP contribution >= 0.6 is 0 Å². The molecule has 80 valence electrons. The molecule has 2 aliphatic carbocycles. The normalized spacial score (nSPS) is 17.7. The molecule has 2 aliphatic rings. The first-order valence-electron chi connectivity index (χ1n) is 4.58. The molecule has 0 heterocycles. The molecule has 0 saturated carbocycles. The largest absolute Gasteiger partial charge is 2.00 e. The Bertz CT molecular complexity index is 227. The summed E-state index contributed by atoms with van der Waals surface area (Å²) in [6, 6.07) is 0. The van der Waals surface area contributed by atoms with E-state index in [2.05, 4.69) is 55.5 Å². The van der Waals surface area contributed by atoms with Gasteiger partial charge in [-0.3, -0.25) is 0 Å². The Hall–Kier alpha value is 0.423. The predicted octanol–water partition coefficient (Wildman–Crippen LogP) is -2.89. The molecule has 0 nitrogen and oxygen atoms in total. The Labute approximate surface area is 124 Å². The minimum absolute atomic E-state index is 0. The van der Waals surface area contributed by atoms with E-state index in [-0.39, 0.29) is 51.0 Å². The van der Waals surface area contributed by atoms with Gasteiger partial charge in [0, 0.05) is 0 Å². The fraction of sp³-hybridized carbons (Fsp3) is 0.333. The molecule has 0 atom stereocenters. The van der Waals surface area contributed by atoms with Crippen molar-refractivity contribution in [3.05, 3.63) is 48.6 Å². The first-order chi connectivity index (χ1) is 5.88. The number of allylic oxidation sites excluding steroid dienone is 8. The van der Waals surface area contributed by atoms with Gasteiger partial charge < -0.3 is 24.8 Å². The zero-order valence-corrected chi connectivity index (χ0v) is 12.6. The molecule has 0 fully saturated rings. The summed E-state index contributed by atoms with van der Waals surface area (Å²) in [6.07, 6.45) is 17.7. The molecular formula is C12H14Cl2Zr. The zero-order valence-electron chi connectivity index (χ0n) is 8.61. The van der Waals surface area contributed by atoms with E-state index in [0.29, 0.717) is 17.8 Å². The Morgan fingerprint density at radius 1 is 0.733 bits per heavy atom. The van der Waals surface area contributed by atoms with Crippen molar-refractivity contribution >= 4 is 0 Å². The molecule has 3 heteroatoms. The molecule has 0 aromatic heterocycles. The van der Waals surface area contributed by atoms with Gasteiger partial charge in [0.1, 0.15) is 0 Å². The van der Waals surface area contributed by atoms with E-state index < -0.39 is 0 Å². The molecule has 0 radical (unpaired) electrons. The fourth-order valence-corrected chi connectivity index (χ4v) is 1.86. The van der Waals surface area contributed by atoms with Crippen LogP contribution in [-0.2, 0) is 26.2 Å². The Balaban J connectivity index is 0. The monoisotopic (exact) mass is 318 g/mol. The van der Waals surface area contributed by atoms with Crippen molar-refractivity contribution in [3.8, 4) is 0 Å². The van der Waals surface area contributed by atoms with Crippen molar-refractivity contribution in [1.82, 2.24) is 0 Å². The van der Waals surface area contributed by atoms with Crippen molar-refractivity contribution in [2.45, 2.75) is 6.92 Å². The van der Waals surface area contributed by atoms with Gasteiger partial charge in [0.2, 0.25) is 0 Å². The van der Waals surface area contributed by atoms with Crippen LogP contribution in [0.3, 0.4) is 0 Å². The van der Waals surface area contributed by atoms with Crippen LogP contribution in [0, 0.1) is 17.8 Å². The Morgan fingerprint density at radius 3 is 1.27 bits per heavy atom. The second-order valence-electron chi connectivity index (χ2n) is 3.55. The number of rotatable bonds is 2. The summed E-state index contributed by atoms with van der Waals surface area (Å²) < 4.78 is 0. The Morgan fingerprint density at radius 2 is 1.00 bits per heavy atom. The predicted molar refractivity (Wildman–Crippen MR) is 52.7 cm³/mol. The van der Waals surface area contributed by atoms with Crippen molar-refractivity contribution < 1.29 is 51.0 Å². The molecule has 0 amide bonds. The van der Waals surface area contributed by atoms with Gasteiger partial charge >= 0.3 is 26.2 Å². The summed E-state index contributed by atoms with van der Waals surface area (Å²) in [6.45, 7) is 2.31. The van der Waals surface area contributed by atoms with E-state index in [1.54, 1.807) is 0 Å². The van der Waals surface area contributed by atoms with E-state index in [1.165, 1.54) is 0 Å². The van der Waals surface area contributed by atoms with Crippen LogP contribution in [0.1, 0.15) is 6.92 Å². The molecule has 0 N–H and O–H groups in total. The molecule has 0 unspecified atom stereocenters. The first kappa shape index (κ1) is 17.8. The summed E-state index contributed by atoms with van der Waals surface area (Å²) >= 11 is 0. The van der Waals surface area contributed by atoms with Gasteiger partial charge in [-0.05, 0) is 17.8 Å². The third-order valence-electron chi connectivity index (χ3n) is 2.77. The zero-order chi connectivity index (χ0) is 8.39. The van der Waals surface area contributed by atoms with Gasteiger partial charge in [-0.15, -0.1) is 0 Å². The minimum Gasteiger partial charge on any atom is -1.00 e. The Kier molecular flexibility index (Phi) is 10.2. The van der Waals surface area contributed by atoms with Crippen LogP contribution in [0.5, 0.6) is 0 Å². The van der Waals surface area contributed by atoms with Gasteiger partial charge in [0.25, 0.3) is 0 Å². The summed E-state index contributed by atoms with van der Waals surface area (Å²) in [5.41, 5.74) is 0. The average molecular weight is 320 g/mol. The van der Waals surface area contributed by atoms with Crippen LogP contribution in [0.2, 0.25) is 0 Å². The molecule has 0 aromatic rings. The van der Waals surface area contributed by atoms with Crippen molar-refractivity contribution in [3.63, 3.8) is 0 Å². The summed E-state index contributed by atoms with van der Waals surface area (Å²) in [5, 5.41) is 0. The van der Waals surface area contributed by atoms with Crippen LogP contribution < -0.4 is 24.8 Å². The second-order valence-corrected chi connectivity index (χ2v) is 3.55. The van der Waals surface area contributed by atoms with Crippen molar-refractivity contribution in [1.29, 1.82) is 0 Å². The van der Waals surface area contributed by atoms with Crippen molar-refractivity contribution in [2.75, 3.05) is 0 Å². The SMILES string of the molecule is CC(C1C=CC=C1)C1C=CC=C1.[Cl-].[Cl-].[Zr+2]. The van der Waals surface area contributed by atoms with Crippen LogP contribution in [0.4, 0.5) is 0 Å². The molecule has 0 bridgehead atoms. The third kappa shape index (κ3) is 4.43. The molecule has 0 spiro atoms. The molecule has 0 aliphatic heterocycles. The molecule has 15 heavy (non-hydrogen) atoms. The quantitative estimate of drug-likeness (QED) is 0.513. The molecule has 0 saturated heterocycles. The van der Waals surface area contributed by atoms with Crippen LogP contribution in [0.25, 0.3) is 0 Å². The summed E-state index contributed by atoms with van der Waals surface area (Å²) in [5.74, 6) is 1.99. The van der Waals surface area contributed by atoms with E-state index in [1.807, 2.05) is 0 Å². The number of hydrogen-bond donors (Lipinski definition) is 0. The number of halogens is 2. The van der Waals surface area contributed by atoms with Crippen LogP contribution in [-0.4, -0.2) is 0 Å². The van der Waals surface area contributed by atoms with Gasteiger partial charge in [-0.25, -0.2) is 0 Å². The van der Waals surface area contributed by atoms with Gasteiger partial charge in [-0.2, -0.15) is 0 Å². The summed E-state index contributed by atoms with van der Waals surface area (Å²) in [7, 11) is 0. The van der Waals surface area contributed by atoms with E-state index in [9.17, 15) is 0 Å². The third-order valence-corrected chi connectivity index (χ3v) is 2.77. The van der Waals surface area contributed by atoms with Gasteiger partial charge in [-0.1, -0.05) is 55.5 Å². The summed E-state index contributed by atoms with van der Waals surface area (Å²) in [4.78, 5) is 0. The van der Waals surface area contributed by atoms with E-state index in [0.717, 1.165) is 0 Å².